The van der Waals surface area contributed by atoms with Gasteiger partial charge < -0.3 is 19.4 Å². The first kappa shape index (κ1) is 82.5. The SMILES string of the molecule is CCCCC/C=C\C/C=C\C/C=C\C/C=C\CCCCCCCCCCCC(=O)NC(COP(=O)(O)OCC[N+](C)(C)C)C(/C=C\CCCCCCCCCCCCC)OC(=O)CCCCCCCCCCCCC/C=C/CCCCCCCC. The number of phosphoric acid groups is 1. The highest BCUT2D eigenvalue weighted by Crippen LogP contribution is 2.43. The van der Waals surface area contributed by atoms with Gasteiger partial charge in [0, 0.05) is 12.8 Å². The number of ether oxygens (including phenoxy) is 1. The van der Waals surface area contributed by atoms with E-state index in [4.69, 9.17) is 13.8 Å². The van der Waals surface area contributed by atoms with Gasteiger partial charge in [-0.15, -0.1) is 0 Å². The van der Waals surface area contributed by atoms with E-state index < -0.39 is 20.0 Å². The van der Waals surface area contributed by atoms with E-state index in [2.05, 4.69) is 86.8 Å². The number of quaternary nitrogens is 1. The average molecular weight is 1210 g/mol. The quantitative estimate of drug-likeness (QED) is 0.0205. The van der Waals surface area contributed by atoms with Crippen LogP contribution in [0.3, 0.4) is 0 Å². The van der Waals surface area contributed by atoms with Crippen LogP contribution in [0, 0.1) is 0 Å². The third kappa shape index (κ3) is 65.7. The van der Waals surface area contributed by atoms with Gasteiger partial charge in [0.05, 0.1) is 33.8 Å². The number of unbranched alkanes of at least 4 members (excludes halogenated alkanes) is 40. The van der Waals surface area contributed by atoms with Crippen molar-refractivity contribution < 1.29 is 37.3 Å². The first-order valence-electron chi connectivity index (χ1n) is 36.3. The van der Waals surface area contributed by atoms with Gasteiger partial charge in [0.15, 0.2) is 0 Å². The zero-order valence-electron chi connectivity index (χ0n) is 56.9. The van der Waals surface area contributed by atoms with E-state index in [1.165, 1.54) is 218 Å². The molecule has 3 unspecified atom stereocenters. The number of hydrogen-bond donors (Lipinski definition) is 2. The van der Waals surface area contributed by atoms with Crippen LogP contribution in [0.5, 0.6) is 0 Å². The van der Waals surface area contributed by atoms with Crippen molar-refractivity contribution in [1.29, 1.82) is 0 Å². The predicted molar refractivity (Wildman–Crippen MR) is 369 cm³/mol. The van der Waals surface area contributed by atoms with Crippen LogP contribution in [0.25, 0.3) is 0 Å². The van der Waals surface area contributed by atoms with Gasteiger partial charge in [0.25, 0.3) is 0 Å². The molecule has 0 spiro atoms. The van der Waals surface area contributed by atoms with Crippen molar-refractivity contribution in [3.05, 3.63) is 72.9 Å². The molecule has 0 aliphatic heterocycles. The van der Waals surface area contributed by atoms with Gasteiger partial charge in [-0.05, 0) is 102 Å². The Labute approximate surface area is 527 Å². The molecule has 0 aliphatic carbocycles. The maximum Gasteiger partial charge on any atom is 0.472 e. The lowest BCUT2D eigenvalue weighted by molar-refractivity contribution is -0.870. The Morgan fingerprint density at radius 2 is 0.718 bits per heavy atom. The van der Waals surface area contributed by atoms with E-state index in [9.17, 15) is 19.0 Å². The van der Waals surface area contributed by atoms with Gasteiger partial charge in [-0.1, -0.05) is 299 Å². The summed E-state index contributed by atoms with van der Waals surface area (Å²) in [5, 5.41) is 3.07. The van der Waals surface area contributed by atoms with Gasteiger partial charge in [0.2, 0.25) is 5.91 Å². The molecule has 0 rings (SSSR count). The Morgan fingerprint density at radius 3 is 1.11 bits per heavy atom. The van der Waals surface area contributed by atoms with Crippen LogP contribution in [-0.2, 0) is 27.9 Å². The Hall–Kier alpha value is -2.55. The molecule has 3 atom stereocenters. The van der Waals surface area contributed by atoms with Gasteiger partial charge in [-0.25, -0.2) is 4.57 Å². The molecule has 0 aliphatic rings. The van der Waals surface area contributed by atoms with Crippen molar-refractivity contribution >= 4 is 19.7 Å². The monoisotopic (exact) mass is 1210 g/mol. The standard InChI is InChI=1S/C75H139N2O7P/c1-7-10-13-16-19-22-25-28-30-32-34-36-37-38-39-41-42-44-46-49-52-55-58-61-64-67-74(78)76-72(71-83-85(80,81)82-70-69-77(4,5)6)73(66-63-60-57-54-51-48-27-24-21-18-15-12-9-3)84-75(79)68-65-62-59-56-53-50-47-45-43-40-35-33-31-29-26-23-20-17-14-11-8-2/h19,22,28-31,34,36,38-39,63,66,72-73H,7-18,20-21,23-27,32-33,35,37,40-62,64-65,67-71H2,1-6H3,(H-,76,78,80,81)/p+1/b22-19-,30-28-,31-29+,36-34-,39-38-,66-63-. The molecule has 0 aromatic heterocycles. The predicted octanol–water partition coefficient (Wildman–Crippen LogP) is 23.1. The number of carbonyl (C=O) groups is 2. The summed E-state index contributed by atoms with van der Waals surface area (Å²) in [5.74, 6) is -0.502. The third-order valence-electron chi connectivity index (χ3n) is 16.1. The molecule has 0 aromatic rings. The molecule has 10 heteroatoms. The normalized spacial score (nSPS) is 13.9. The lowest BCUT2D eigenvalue weighted by Gasteiger charge is -2.27. The van der Waals surface area contributed by atoms with E-state index >= 15 is 0 Å². The van der Waals surface area contributed by atoms with E-state index in [0.29, 0.717) is 17.4 Å². The maximum atomic E-state index is 13.6. The maximum absolute atomic E-state index is 13.6. The minimum atomic E-state index is -4.46. The smallest absolute Gasteiger partial charge is 0.456 e. The van der Waals surface area contributed by atoms with Gasteiger partial charge in [-0.2, -0.15) is 0 Å². The summed E-state index contributed by atoms with van der Waals surface area (Å²) in [6, 6.07) is -0.855. The Kier molecular flexibility index (Phi) is 62.5. The van der Waals surface area contributed by atoms with Crippen LogP contribution in [0.1, 0.15) is 342 Å². The van der Waals surface area contributed by atoms with Crippen molar-refractivity contribution in [2.75, 3.05) is 40.9 Å². The number of nitrogens with one attached hydrogen (secondary N) is 1. The molecule has 0 heterocycles. The molecule has 9 nitrogen and oxygen atoms in total. The molecule has 0 aromatic carbocycles. The van der Waals surface area contributed by atoms with Crippen LogP contribution in [0.4, 0.5) is 0 Å². The van der Waals surface area contributed by atoms with Crippen LogP contribution in [-0.4, -0.2) is 74.3 Å². The van der Waals surface area contributed by atoms with Crippen molar-refractivity contribution in [2.45, 2.75) is 354 Å². The van der Waals surface area contributed by atoms with E-state index in [-0.39, 0.29) is 31.5 Å². The zero-order chi connectivity index (χ0) is 62.1. The van der Waals surface area contributed by atoms with Crippen molar-refractivity contribution in [1.82, 2.24) is 5.32 Å². The summed E-state index contributed by atoms with van der Waals surface area (Å²) in [4.78, 5) is 37.9. The molecule has 0 saturated heterocycles. The highest BCUT2D eigenvalue weighted by molar-refractivity contribution is 7.47. The lowest BCUT2D eigenvalue weighted by atomic mass is 10.0. The number of phosphoric ester groups is 1. The minimum absolute atomic E-state index is 0.0377. The zero-order valence-corrected chi connectivity index (χ0v) is 57.7. The fourth-order valence-electron chi connectivity index (χ4n) is 10.5. The van der Waals surface area contributed by atoms with Crippen molar-refractivity contribution in [3.8, 4) is 0 Å². The Balaban J connectivity index is 5.11. The molecule has 1 amide bonds. The van der Waals surface area contributed by atoms with Crippen LogP contribution in [0.15, 0.2) is 72.9 Å². The van der Waals surface area contributed by atoms with Gasteiger partial charge >= 0.3 is 13.8 Å². The van der Waals surface area contributed by atoms with Crippen LogP contribution < -0.4 is 5.32 Å². The topological polar surface area (TPSA) is 111 Å². The number of nitrogens with zero attached hydrogens (tertiary/aromatic N) is 1. The summed E-state index contributed by atoms with van der Waals surface area (Å²) >= 11 is 0. The number of likely N-dealkylation sites (N-methyl/N-ethyl adjacent to an activating group) is 1. The number of amides is 1. The van der Waals surface area contributed by atoms with Gasteiger partial charge in [-0.3, -0.25) is 18.6 Å². The number of allylic oxidation sites excluding steroid dienone is 11. The summed E-state index contributed by atoms with van der Waals surface area (Å²) in [6.07, 6.45) is 84.8. The molecule has 0 fully saturated rings. The highest BCUT2D eigenvalue weighted by Gasteiger charge is 2.30. The third-order valence-corrected chi connectivity index (χ3v) is 17.1. The molecule has 0 saturated carbocycles. The summed E-state index contributed by atoms with van der Waals surface area (Å²) in [7, 11) is 1.50. The summed E-state index contributed by atoms with van der Waals surface area (Å²) in [5.41, 5.74) is 0. The second-order valence-corrected chi connectivity index (χ2v) is 27.2. The lowest BCUT2D eigenvalue weighted by Crippen LogP contribution is -2.47. The van der Waals surface area contributed by atoms with E-state index in [1.54, 1.807) is 0 Å². The number of rotatable bonds is 66. The average Bonchev–Trinajstić information content (AvgIpc) is 3.64. The Bertz CT molecular complexity index is 1680. The molecular weight excluding hydrogens is 1070 g/mol. The number of hydrogen-bond acceptors (Lipinski definition) is 6. The van der Waals surface area contributed by atoms with Gasteiger partial charge in [0.1, 0.15) is 19.3 Å². The molecular formula is C75H140N2O7P+. The van der Waals surface area contributed by atoms with Crippen LogP contribution >= 0.6 is 7.82 Å². The highest BCUT2D eigenvalue weighted by atomic mass is 31.2. The fraction of sp³-hybridized carbons (Fsp3) is 0.813. The van der Waals surface area contributed by atoms with Crippen molar-refractivity contribution in [2.24, 2.45) is 0 Å². The summed E-state index contributed by atoms with van der Waals surface area (Å²) in [6.45, 7) is 7.02. The molecule has 0 bridgehead atoms. The molecule has 2 N–H and O–H groups in total. The van der Waals surface area contributed by atoms with E-state index in [0.717, 1.165) is 89.9 Å². The van der Waals surface area contributed by atoms with Crippen molar-refractivity contribution in [3.63, 3.8) is 0 Å². The summed E-state index contributed by atoms with van der Waals surface area (Å²) < 4.78 is 30.9. The molecule has 0 radical (unpaired) electrons. The first-order chi connectivity index (χ1) is 41.4. The largest absolute Gasteiger partial charge is 0.472 e. The second-order valence-electron chi connectivity index (χ2n) is 25.8. The Morgan fingerprint density at radius 1 is 0.412 bits per heavy atom. The van der Waals surface area contributed by atoms with E-state index in [1.807, 2.05) is 33.3 Å². The minimum Gasteiger partial charge on any atom is -0.456 e. The number of esters is 1. The first-order valence-corrected chi connectivity index (χ1v) is 37.8. The fourth-order valence-corrected chi connectivity index (χ4v) is 11.2. The second kappa shape index (κ2) is 64.4. The molecule has 85 heavy (non-hydrogen) atoms. The van der Waals surface area contributed by atoms with Crippen LogP contribution in [0.2, 0.25) is 0 Å². The molecule has 496 valence electrons. The number of carbonyl (C=O) groups excluding carboxylic acids is 2.